The molecule has 3 aromatic rings. The summed E-state index contributed by atoms with van der Waals surface area (Å²) < 4.78 is 2.81. The van der Waals surface area contributed by atoms with Gasteiger partial charge in [-0.05, 0) is 6.07 Å². The van der Waals surface area contributed by atoms with Gasteiger partial charge in [-0.15, -0.1) is 5.10 Å². The lowest BCUT2D eigenvalue weighted by atomic mass is 9.90. The first-order valence-electron chi connectivity index (χ1n) is 7.91. The Balaban J connectivity index is 1.89. The molecule has 0 atom stereocenters. The zero-order chi connectivity index (χ0) is 19.1. The van der Waals surface area contributed by atoms with Gasteiger partial charge in [0.1, 0.15) is 12.9 Å². The van der Waals surface area contributed by atoms with E-state index in [1.165, 1.54) is 12.5 Å². The highest BCUT2D eigenvalue weighted by Gasteiger charge is 2.23. The minimum atomic E-state index is -1.05. The van der Waals surface area contributed by atoms with E-state index in [1.54, 1.807) is 10.7 Å². The number of hydrogen-bond acceptors (Lipinski definition) is 6. The summed E-state index contributed by atoms with van der Waals surface area (Å²) in [5, 5.41) is 20.5. The average Bonchev–Trinajstić information content (AvgIpc) is 3.10. The number of amides is 1. The second-order valence-corrected chi connectivity index (χ2v) is 6.93. The summed E-state index contributed by atoms with van der Waals surface area (Å²) in [4.78, 5) is 31.4. The van der Waals surface area contributed by atoms with E-state index in [9.17, 15) is 9.59 Å². The van der Waals surface area contributed by atoms with Crippen molar-refractivity contribution in [1.82, 2.24) is 29.5 Å². The number of carbonyl (C=O) groups excluding carboxylic acids is 1. The van der Waals surface area contributed by atoms with Gasteiger partial charge in [0.05, 0.1) is 11.3 Å². The quantitative estimate of drug-likeness (QED) is 0.718. The highest BCUT2D eigenvalue weighted by atomic mass is 16.4. The van der Waals surface area contributed by atoms with Gasteiger partial charge in [-0.3, -0.25) is 19.6 Å². The summed E-state index contributed by atoms with van der Waals surface area (Å²) in [7, 11) is 1.81. The van der Waals surface area contributed by atoms with Crippen LogP contribution in [0.25, 0.3) is 11.0 Å². The molecule has 1 amide bonds. The van der Waals surface area contributed by atoms with Gasteiger partial charge in [-0.2, -0.15) is 5.10 Å². The monoisotopic (exact) mass is 357 g/mol. The fraction of sp³-hybridized carbons (Fsp3) is 0.375. The molecule has 0 aliphatic carbocycles. The minimum Gasteiger partial charge on any atom is -0.480 e. The van der Waals surface area contributed by atoms with Gasteiger partial charge in [0.2, 0.25) is 5.95 Å². The maximum Gasteiger partial charge on any atom is 0.325 e. The number of pyridine rings is 1. The van der Waals surface area contributed by atoms with Crippen LogP contribution in [0.3, 0.4) is 0 Å². The highest BCUT2D eigenvalue weighted by molar-refractivity contribution is 6.05. The van der Waals surface area contributed by atoms with Crippen LogP contribution in [0.5, 0.6) is 0 Å². The first-order chi connectivity index (χ1) is 12.1. The number of anilines is 1. The molecule has 0 unspecified atom stereocenters. The number of fused-ring (bicyclic) bond motifs is 1. The van der Waals surface area contributed by atoms with Gasteiger partial charge in [-0.1, -0.05) is 20.8 Å². The number of carbonyl (C=O) groups is 2. The van der Waals surface area contributed by atoms with Crippen LogP contribution in [0.1, 0.15) is 36.8 Å². The molecule has 0 bridgehead atoms. The molecule has 3 aromatic heterocycles. The predicted molar refractivity (Wildman–Crippen MR) is 92.8 cm³/mol. The highest BCUT2D eigenvalue weighted by Crippen LogP contribution is 2.28. The number of aliphatic carboxylic acids is 1. The van der Waals surface area contributed by atoms with Gasteiger partial charge in [0.15, 0.2) is 5.65 Å². The average molecular weight is 357 g/mol. The van der Waals surface area contributed by atoms with Crippen molar-refractivity contribution in [2.45, 2.75) is 32.7 Å². The maximum absolute atomic E-state index is 12.5. The van der Waals surface area contributed by atoms with Crippen LogP contribution >= 0.6 is 0 Å². The SMILES string of the molecule is Cn1nc(C(C)(C)C)c2cc(C(=O)Nc3ncn(CC(=O)O)n3)cnc21. The number of rotatable bonds is 4. The fourth-order valence-electron chi connectivity index (χ4n) is 2.56. The molecule has 26 heavy (non-hydrogen) atoms. The number of aryl methyl sites for hydroxylation is 1. The second kappa shape index (κ2) is 6.21. The van der Waals surface area contributed by atoms with Crippen LogP contribution in [0.2, 0.25) is 0 Å². The van der Waals surface area contributed by atoms with Gasteiger partial charge < -0.3 is 5.11 Å². The largest absolute Gasteiger partial charge is 0.480 e. The molecular formula is C16H19N7O3. The van der Waals surface area contributed by atoms with Gasteiger partial charge in [-0.25, -0.2) is 14.6 Å². The van der Waals surface area contributed by atoms with Crippen molar-refractivity contribution in [2.75, 3.05) is 5.32 Å². The molecule has 10 heteroatoms. The third-order valence-electron chi connectivity index (χ3n) is 3.71. The third kappa shape index (κ3) is 3.39. The van der Waals surface area contributed by atoms with Gasteiger partial charge >= 0.3 is 5.97 Å². The molecule has 3 heterocycles. The molecule has 0 fully saturated rings. The molecule has 0 radical (unpaired) electrons. The fourth-order valence-corrected chi connectivity index (χ4v) is 2.56. The number of nitrogens with zero attached hydrogens (tertiary/aromatic N) is 6. The zero-order valence-corrected chi connectivity index (χ0v) is 14.9. The van der Waals surface area contributed by atoms with Crippen LogP contribution in [0.15, 0.2) is 18.6 Å². The Morgan fingerprint density at radius 3 is 2.62 bits per heavy atom. The van der Waals surface area contributed by atoms with Crippen molar-refractivity contribution < 1.29 is 14.7 Å². The summed E-state index contributed by atoms with van der Waals surface area (Å²) in [6.45, 7) is 5.79. The van der Waals surface area contributed by atoms with Crippen molar-refractivity contribution in [1.29, 1.82) is 0 Å². The molecule has 0 aliphatic heterocycles. The Kier molecular flexibility index (Phi) is 4.18. The molecule has 0 aliphatic rings. The summed E-state index contributed by atoms with van der Waals surface area (Å²) in [5.41, 5.74) is 1.68. The summed E-state index contributed by atoms with van der Waals surface area (Å²) >= 11 is 0. The molecule has 3 rings (SSSR count). The van der Waals surface area contributed by atoms with E-state index in [2.05, 4.69) is 25.5 Å². The first kappa shape index (κ1) is 17.5. The predicted octanol–water partition coefficient (Wildman–Crippen LogP) is 1.19. The zero-order valence-electron chi connectivity index (χ0n) is 14.9. The molecule has 136 valence electrons. The van der Waals surface area contributed by atoms with Crippen LogP contribution in [-0.4, -0.2) is 46.5 Å². The number of carboxylic acid groups (broad SMARTS) is 1. The van der Waals surface area contributed by atoms with Crippen LogP contribution in [0.4, 0.5) is 5.95 Å². The normalized spacial score (nSPS) is 11.7. The Bertz CT molecular complexity index is 997. The standard InChI is InChI=1S/C16H19N7O3/c1-16(2,3)12-10-5-9(6-17-13(10)22(4)20-12)14(26)19-15-18-8-23(21-15)7-11(24)25/h5-6,8H,7H2,1-4H3,(H,24,25)(H,19,21,26). The van der Waals surface area contributed by atoms with Crippen molar-refractivity contribution in [3.05, 3.63) is 29.8 Å². The van der Waals surface area contributed by atoms with Crippen LogP contribution in [-0.2, 0) is 23.8 Å². The number of hydrogen-bond donors (Lipinski definition) is 2. The van der Waals surface area contributed by atoms with E-state index in [4.69, 9.17) is 5.11 Å². The number of nitrogens with one attached hydrogen (secondary N) is 1. The van der Waals surface area contributed by atoms with Crippen LogP contribution < -0.4 is 5.32 Å². The van der Waals surface area contributed by atoms with Crippen LogP contribution in [0, 0.1) is 0 Å². The first-order valence-corrected chi connectivity index (χ1v) is 7.91. The van der Waals surface area contributed by atoms with Crippen molar-refractivity contribution in [3.8, 4) is 0 Å². The molecule has 10 nitrogen and oxygen atoms in total. The molecule has 0 saturated heterocycles. The van der Waals surface area contributed by atoms with Gasteiger partial charge in [0, 0.05) is 24.0 Å². The Labute approximate surface area is 148 Å². The number of aromatic nitrogens is 6. The smallest absolute Gasteiger partial charge is 0.325 e. The lowest BCUT2D eigenvalue weighted by molar-refractivity contribution is -0.137. The molecule has 0 saturated carbocycles. The molecular weight excluding hydrogens is 338 g/mol. The van der Waals surface area contributed by atoms with E-state index >= 15 is 0 Å². The topological polar surface area (TPSA) is 128 Å². The van der Waals surface area contributed by atoms with E-state index in [-0.39, 0.29) is 17.9 Å². The van der Waals surface area contributed by atoms with Crippen molar-refractivity contribution in [3.63, 3.8) is 0 Å². The lowest BCUT2D eigenvalue weighted by Crippen LogP contribution is -2.15. The van der Waals surface area contributed by atoms with E-state index < -0.39 is 11.9 Å². The Morgan fingerprint density at radius 2 is 1.96 bits per heavy atom. The lowest BCUT2D eigenvalue weighted by Gasteiger charge is -2.15. The van der Waals surface area contributed by atoms with E-state index in [1.807, 2.05) is 27.8 Å². The Hall–Kier alpha value is -3.30. The van der Waals surface area contributed by atoms with E-state index in [0.717, 1.165) is 15.8 Å². The maximum atomic E-state index is 12.5. The third-order valence-corrected chi connectivity index (χ3v) is 3.71. The molecule has 0 aromatic carbocycles. The molecule has 2 N–H and O–H groups in total. The summed E-state index contributed by atoms with van der Waals surface area (Å²) in [6.07, 6.45) is 2.70. The Morgan fingerprint density at radius 1 is 1.23 bits per heavy atom. The molecule has 0 spiro atoms. The summed E-state index contributed by atoms with van der Waals surface area (Å²) in [5.74, 6) is -1.46. The minimum absolute atomic E-state index is 0.0265. The van der Waals surface area contributed by atoms with E-state index in [0.29, 0.717) is 11.2 Å². The van der Waals surface area contributed by atoms with Crippen molar-refractivity contribution >= 4 is 28.9 Å². The summed E-state index contributed by atoms with van der Waals surface area (Å²) in [6, 6.07) is 1.74. The van der Waals surface area contributed by atoms with Crippen molar-refractivity contribution in [2.24, 2.45) is 7.05 Å². The van der Waals surface area contributed by atoms with Gasteiger partial charge in [0.25, 0.3) is 5.91 Å². The number of carboxylic acids is 1. The second-order valence-electron chi connectivity index (χ2n) is 6.93.